The number of aromatic amines is 1. The number of rotatable bonds is 3. The van der Waals surface area contributed by atoms with Gasteiger partial charge in [0.2, 0.25) is 5.91 Å². The van der Waals surface area contributed by atoms with Crippen LogP contribution in [0.15, 0.2) is 30.3 Å². The number of carbonyl (C=O) groups is 1. The molecule has 1 atom stereocenters. The molecule has 104 valence electrons. The lowest BCUT2D eigenvalue weighted by Crippen LogP contribution is -2.33. The third-order valence-corrected chi connectivity index (χ3v) is 3.56. The van der Waals surface area contributed by atoms with E-state index in [1.165, 1.54) is 0 Å². The second-order valence-corrected chi connectivity index (χ2v) is 4.81. The number of amides is 1. The molecule has 3 rings (SSSR count). The van der Waals surface area contributed by atoms with Crippen molar-refractivity contribution in [1.82, 2.24) is 20.1 Å². The normalized spacial score (nSPS) is 18.4. The zero-order valence-electron chi connectivity index (χ0n) is 11.0. The Morgan fingerprint density at radius 3 is 2.95 bits per heavy atom. The van der Waals surface area contributed by atoms with Crippen LogP contribution in [-0.4, -0.2) is 44.2 Å². The Hall–Kier alpha value is -2.21. The Kier molecular flexibility index (Phi) is 3.47. The van der Waals surface area contributed by atoms with Crippen molar-refractivity contribution in [1.29, 1.82) is 0 Å². The highest BCUT2D eigenvalue weighted by molar-refractivity contribution is 5.77. The largest absolute Gasteiger partial charge is 0.387 e. The highest BCUT2D eigenvalue weighted by Crippen LogP contribution is 2.30. The average Bonchev–Trinajstić information content (AvgIpc) is 3.15. The van der Waals surface area contributed by atoms with Crippen LogP contribution in [0.1, 0.15) is 24.7 Å². The molecule has 6 nitrogen and oxygen atoms in total. The molecule has 1 aliphatic rings. The van der Waals surface area contributed by atoms with Crippen LogP contribution in [-0.2, 0) is 4.79 Å². The smallest absolute Gasteiger partial charge is 0.248 e. The molecule has 0 radical (unpaired) electrons. The standard InChI is InChI=1S/C14H16N4O2/c19-9-12(20)18-8-4-7-11(18)14-15-13(16-17-14)10-5-2-1-3-6-10/h1-3,5-6,11,19H,4,7-9H2,(H,15,16,17). The molecule has 0 spiro atoms. The van der Waals surface area contributed by atoms with Crippen LogP contribution in [0.25, 0.3) is 11.4 Å². The molecule has 6 heteroatoms. The molecule has 1 unspecified atom stereocenters. The van der Waals surface area contributed by atoms with Crippen molar-refractivity contribution in [2.24, 2.45) is 0 Å². The summed E-state index contributed by atoms with van der Waals surface area (Å²) in [6, 6.07) is 9.58. The lowest BCUT2D eigenvalue weighted by atomic mass is 10.2. The van der Waals surface area contributed by atoms with E-state index in [-0.39, 0.29) is 11.9 Å². The summed E-state index contributed by atoms with van der Waals surface area (Å²) in [5.41, 5.74) is 0.938. The van der Waals surface area contributed by atoms with Crippen molar-refractivity contribution >= 4 is 5.91 Å². The number of aliphatic hydroxyl groups excluding tert-OH is 1. The number of carbonyl (C=O) groups excluding carboxylic acids is 1. The first-order valence-electron chi connectivity index (χ1n) is 6.67. The molecule has 1 amide bonds. The Morgan fingerprint density at radius 1 is 1.40 bits per heavy atom. The first-order chi connectivity index (χ1) is 9.79. The van der Waals surface area contributed by atoms with Crippen LogP contribution in [0.3, 0.4) is 0 Å². The van der Waals surface area contributed by atoms with E-state index in [0.29, 0.717) is 18.2 Å². The van der Waals surface area contributed by atoms with Gasteiger partial charge < -0.3 is 10.0 Å². The number of nitrogens with one attached hydrogen (secondary N) is 1. The minimum atomic E-state index is -0.462. The topological polar surface area (TPSA) is 82.1 Å². The van der Waals surface area contributed by atoms with E-state index in [2.05, 4.69) is 15.2 Å². The monoisotopic (exact) mass is 272 g/mol. The number of aliphatic hydroxyl groups is 1. The summed E-state index contributed by atoms with van der Waals surface area (Å²) in [7, 11) is 0. The SMILES string of the molecule is O=C(CO)N1CCCC1c1nc(-c2ccccc2)n[nH]1. The first kappa shape index (κ1) is 12.8. The van der Waals surface area contributed by atoms with E-state index in [0.717, 1.165) is 18.4 Å². The Labute approximate surface area is 116 Å². The summed E-state index contributed by atoms with van der Waals surface area (Å²) in [4.78, 5) is 17.8. The van der Waals surface area contributed by atoms with Crippen molar-refractivity contribution in [2.45, 2.75) is 18.9 Å². The van der Waals surface area contributed by atoms with E-state index >= 15 is 0 Å². The fraction of sp³-hybridized carbons (Fsp3) is 0.357. The van der Waals surface area contributed by atoms with Gasteiger partial charge in [-0.05, 0) is 12.8 Å². The maximum atomic E-state index is 11.7. The molecule has 20 heavy (non-hydrogen) atoms. The fourth-order valence-electron chi connectivity index (χ4n) is 2.58. The first-order valence-corrected chi connectivity index (χ1v) is 6.67. The van der Waals surface area contributed by atoms with Gasteiger partial charge in [0, 0.05) is 12.1 Å². The van der Waals surface area contributed by atoms with Gasteiger partial charge in [0.05, 0.1) is 6.04 Å². The Balaban J connectivity index is 1.85. The molecule has 0 saturated carbocycles. The highest BCUT2D eigenvalue weighted by atomic mass is 16.3. The van der Waals surface area contributed by atoms with Crippen molar-refractivity contribution in [3.05, 3.63) is 36.2 Å². The second kappa shape index (κ2) is 5.42. The summed E-state index contributed by atoms with van der Waals surface area (Å²) in [5, 5.41) is 16.1. The second-order valence-electron chi connectivity index (χ2n) is 4.81. The van der Waals surface area contributed by atoms with Gasteiger partial charge in [-0.3, -0.25) is 9.89 Å². The number of aromatic nitrogens is 3. The fourth-order valence-corrected chi connectivity index (χ4v) is 2.58. The molecular weight excluding hydrogens is 256 g/mol. The van der Waals surface area contributed by atoms with Gasteiger partial charge in [0.1, 0.15) is 12.4 Å². The molecule has 1 aromatic heterocycles. The van der Waals surface area contributed by atoms with E-state index in [1.807, 2.05) is 30.3 Å². The highest BCUT2D eigenvalue weighted by Gasteiger charge is 2.31. The molecule has 0 bridgehead atoms. The molecule has 1 saturated heterocycles. The van der Waals surface area contributed by atoms with Crippen LogP contribution in [0.2, 0.25) is 0 Å². The van der Waals surface area contributed by atoms with Crippen molar-refractivity contribution < 1.29 is 9.90 Å². The van der Waals surface area contributed by atoms with Gasteiger partial charge in [0.25, 0.3) is 0 Å². The van der Waals surface area contributed by atoms with Crippen LogP contribution < -0.4 is 0 Å². The minimum absolute atomic E-state index is 0.111. The molecule has 1 fully saturated rings. The number of likely N-dealkylation sites (tertiary alicyclic amines) is 1. The van der Waals surface area contributed by atoms with Crippen LogP contribution in [0, 0.1) is 0 Å². The lowest BCUT2D eigenvalue weighted by Gasteiger charge is -2.21. The van der Waals surface area contributed by atoms with Gasteiger partial charge in [-0.15, -0.1) is 0 Å². The van der Waals surface area contributed by atoms with Gasteiger partial charge in [-0.25, -0.2) is 4.98 Å². The predicted octanol–water partition coefficient (Wildman–Crippen LogP) is 1.13. The summed E-state index contributed by atoms with van der Waals surface area (Å²) in [5.74, 6) is 1.05. The molecule has 1 aliphatic heterocycles. The maximum absolute atomic E-state index is 11.7. The van der Waals surface area contributed by atoms with Crippen LogP contribution in [0.4, 0.5) is 0 Å². The zero-order valence-corrected chi connectivity index (χ0v) is 11.0. The Bertz CT molecular complexity index is 596. The number of H-pyrrole nitrogens is 1. The summed E-state index contributed by atoms with van der Waals surface area (Å²) in [6.45, 7) is 0.196. The van der Waals surface area contributed by atoms with Gasteiger partial charge >= 0.3 is 0 Å². The lowest BCUT2D eigenvalue weighted by molar-refractivity contribution is -0.135. The van der Waals surface area contributed by atoms with Gasteiger partial charge in [0.15, 0.2) is 5.82 Å². The average molecular weight is 272 g/mol. The maximum Gasteiger partial charge on any atom is 0.248 e. The Morgan fingerprint density at radius 2 is 2.20 bits per heavy atom. The molecule has 1 aromatic carbocycles. The number of hydrogen-bond acceptors (Lipinski definition) is 4. The van der Waals surface area contributed by atoms with Crippen molar-refractivity contribution in [3.8, 4) is 11.4 Å². The van der Waals surface area contributed by atoms with Crippen LogP contribution in [0.5, 0.6) is 0 Å². The minimum Gasteiger partial charge on any atom is -0.387 e. The molecule has 2 N–H and O–H groups in total. The molecule has 0 aliphatic carbocycles. The zero-order chi connectivity index (χ0) is 13.9. The van der Waals surface area contributed by atoms with Crippen molar-refractivity contribution in [2.75, 3.05) is 13.2 Å². The van der Waals surface area contributed by atoms with Gasteiger partial charge in [-0.2, -0.15) is 5.10 Å². The summed E-state index contributed by atoms with van der Waals surface area (Å²) >= 11 is 0. The molecular formula is C14H16N4O2. The van der Waals surface area contributed by atoms with E-state index in [1.54, 1.807) is 4.90 Å². The van der Waals surface area contributed by atoms with E-state index in [9.17, 15) is 4.79 Å². The third-order valence-electron chi connectivity index (χ3n) is 3.56. The van der Waals surface area contributed by atoms with Crippen molar-refractivity contribution in [3.63, 3.8) is 0 Å². The van der Waals surface area contributed by atoms with E-state index in [4.69, 9.17) is 5.11 Å². The summed E-state index contributed by atoms with van der Waals surface area (Å²) < 4.78 is 0. The van der Waals surface area contributed by atoms with Gasteiger partial charge in [-0.1, -0.05) is 30.3 Å². The number of nitrogens with zero attached hydrogens (tertiary/aromatic N) is 3. The molecule has 2 heterocycles. The third kappa shape index (κ3) is 2.30. The van der Waals surface area contributed by atoms with E-state index < -0.39 is 6.61 Å². The number of hydrogen-bond donors (Lipinski definition) is 2. The van der Waals surface area contributed by atoms with Crippen LogP contribution >= 0.6 is 0 Å². The predicted molar refractivity (Wildman–Crippen MR) is 72.6 cm³/mol. The number of benzene rings is 1. The quantitative estimate of drug-likeness (QED) is 0.877. The summed E-state index contributed by atoms with van der Waals surface area (Å²) in [6.07, 6.45) is 1.76. The molecule has 2 aromatic rings.